The summed E-state index contributed by atoms with van der Waals surface area (Å²) in [5.41, 5.74) is 5.77. The van der Waals surface area contributed by atoms with Gasteiger partial charge in [-0.1, -0.05) is 11.8 Å². The number of hydrogen-bond donors (Lipinski definition) is 2. The maximum atomic E-state index is 15.1. The van der Waals surface area contributed by atoms with E-state index in [-0.39, 0.29) is 17.7 Å². The largest absolute Gasteiger partial charge is 0.415 e. The van der Waals surface area contributed by atoms with Gasteiger partial charge in [0.15, 0.2) is 5.17 Å². The van der Waals surface area contributed by atoms with Gasteiger partial charge in [0.05, 0.1) is 24.0 Å². The summed E-state index contributed by atoms with van der Waals surface area (Å²) in [6, 6.07) is 4.26. The standard InChI is InChI=1S/C21H22F3N5O3S/c1-31-13-4-5-21(11(6-13)10-33-20(25)29-21)14-7-12(2-3-15(14)22)28-18(30)16-8-27-17(9-26-16)32-19(23)24/h2-3,7-9,11,13,19H,4-6,10H2,1H3,(H2,25,29)(H,28,30)/t11-,13+,21-/m0/s1. The van der Waals surface area contributed by atoms with Crippen LogP contribution < -0.4 is 15.8 Å². The molecule has 1 amide bonds. The van der Waals surface area contributed by atoms with E-state index >= 15 is 4.39 Å². The number of nitrogens with two attached hydrogens (primary N) is 1. The topological polar surface area (TPSA) is 112 Å². The van der Waals surface area contributed by atoms with Crippen LogP contribution in [0.2, 0.25) is 0 Å². The van der Waals surface area contributed by atoms with Crippen LogP contribution in [-0.2, 0) is 10.3 Å². The molecule has 1 aromatic heterocycles. The fraction of sp³-hybridized carbons (Fsp3) is 0.429. The average Bonchev–Trinajstić information content (AvgIpc) is 2.79. The minimum atomic E-state index is -3.05. The number of amides is 1. The summed E-state index contributed by atoms with van der Waals surface area (Å²) in [6.45, 7) is -3.05. The molecule has 4 rings (SSSR count). The molecule has 176 valence electrons. The Morgan fingerprint density at radius 3 is 2.85 bits per heavy atom. The predicted molar refractivity (Wildman–Crippen MR) is 117 cm³/mol. The van der Waals surface area contributed by atoms with E-state index < -0.39 is 29.8 Å². The Hall–Kier alpha value is -2.86. The number of aliphatic imine (C=N–C) groups is 1. The molecular formula is C21H22F3N5O3S. The Balaban J connectivity index is 1.60. The number of halogens is 3. The van der Waals surface area contributed by atoms with E-state index in [1.807, 2.05) is 0 Å². The van der Waals surface area contributed by atoms with Crippen LogP contribution >= 0.6 is 11.8 Å². The minimum Gasteiger partial charge on any atom is -0.415 e. The van der Waals surface area contributed by atoms with E-state index in [0.717, 1.165) is 18.8 Å². The van der Waals surface area contributed by atoms with Gasteiger partial charge in [0, 0.05) is 30.0 Å². The van der Waals surface area contributed by atoms with Gasteiger partial charge in [0.1, 0.15) is 11.5 Å². The first kappa shape index (κ1) is 23.3. The summed E-state index contributed by atoms with van der Waals surface area (Å²) < 4.78 is 49.2. The molecule has 1 aliphatic carbocycles. The molecule has 1 saturated carbocycles. The van der Waals surface area contributed by atoms with E-state index in [0.29, 0.717) is 35.0 Å². The van der Waals surface area contributed by atoms with E-state index in [2.05, 4.69) is 20.0 Å². The number of carbonyl (C=O) groups is 1. The van der Waals surface area contributed by atoms with Crippen molar-refractivity contribution < 1.29 is 27.4 Å². The fourth-order valence-corrected chi connectivity index (χ4v) is 5.34. The molecule has 2 aromatic rings. The molecule has 1 aliphatic heterocycles. The minimum absolute atomic E-state index is 0.0159. The normalized spacial score (nSPS) is 24.7. The molecule has 1 fully saturated rings. The van der Waals surface area contributed by atoms with Crippen LogP contribution in [0, 0.1) is 11.7 Å². The molecule has 2 aliphatic rings. The number of alkyl halides is 2. The van der Waals surface area contributed by atoms with Crippen LogP contribution in [0.25, 0.3) is 0 Å². The second-order valence-electron chi connectivity index (χ2n) is 7.78. The summed E-state index contributed by atoms with van der Waals surface area (Å²) in [4.78, 5) is 24.7. The van der Waals surface area contributed by atoms with Crippen LogP contribution in [0.15, 0.2) is 35.6 Å². The van der Waals surface area contributed by atoms with Gasteiger partial charge >= 0.3 is 6.61 Å². The predicted octanol–water partition coefficient (Wildman–Crippen LogP) is 3.54. The van der Waals surface area contributed by atoms with Gasteiger partial charge in [0.25, 0.3) is 5.91 Å². The third kappa shape index (κ3) is 4.91. The van der Waals surface area contributed by atoms with Crippen molar-refractivity contribution in [3.05, 3.63) is 47.7 Å². The SMILES string of the molecule is CO[C@@H]1CC[C@]2(c3cc(NC(=O)c4cnc(OC(F)F)cn4)ccc3F)N=C(N)SC[C@@H]2C1. The highest BCUT2D eigenvalue weighted by atomic mass is 32.2. The maximum absolute atomic E-state index is 15.1. The Kier molecular flexibility index (Phi) is 6.75. The number of anilines is 1. The third-order valence-corrected chi connectivity index (χ3v) is 6.86. The van der Waals surface area contributed by atoms with Crippen molar-refractivity contribution in [1.82, 2.24) is 9.97 Å². The second-order valence-corrected chi connectivity index (χ2v) is 8.82. The Labute approximate surface area is 192 Å². The zero-order valence-corrected chi connectivity index (χ0v) is 18.4. The van der Waals surface area contributed by atoms with Gasteiger partial charge in [-0.2, -0.15) is 8.78 Å². The zero-order chi connectivity index (χ0) is 23.6. The van der Waals surface area contributed by atoms with Gasteiger partial charge in [-0.05, 0) is 37.5 Å². The van der Waals surface area contributed by atoms with Gasteiger partial charge in [-0.25, -0.2) is 14.4 Å². The molecule has 1 aromatic carbocycles. The first-order valence-electron chi connectivity index (χ1n) is 10.2. The average molecular weight is 482 g/mol. The number of rotatable bonds is 6. The van der Waals surface area contributed by atoms with Crippen molar-refractivity contribution in [2.24, 2.45) is 16.6 Å². The molecule has 8 nitrogen and oxygen atoms in total. The van der Waals surface area contributed by atoms with Gasteiger partial charge in [-0.3, -0.25) is 9.79 Å². The lowest BCUT2D eigenvalue weighted by atomic mass is 9.68. The smallest absolute Gasteiger partial charge is 0.388 e. The molecule has 0 unspecified atom stereocenters. The van der Waals surface area contributed by atoms with Crippen molar-refractivity contribution in [3.8, 4) is 5.88 Å². The maximum Gasteiger partial charge on any atom is 0.388 e. The molecule has 12 heteroatoms. The lowest BCUT2D eigenvalue weighted by molar-refractivity contribution is -0.0531. The molecule has 33 heavy (non-hydrogen) atoms. The van der Waals surface area contributed by atoms with E-state index in [9.17, 15) is 13.6 Å². The van der Waals surface area contributed by atoms with Crippen LogP contribution in [0.4, 0.5) is 18.9 Å². The summed E-state index contributed by atoms with van der Waals surface area (Å²) in [6.07, 6.45) is 3.99. The molecule has 0 bridgehead atoms. The number of methoxy groups -OCH3 is 1. The van der Waals surface area contributed by atoms with Gasteiger partial charge in [0.2, 0.25) is 5.88 Å². The second kappa shape index (κ2) is 9.56. The number of fused-ring (bicyclic) bond motifs is 1. The number of hydrogen-bond acceptors (Lipinski definition) is 8. The van der Waals surface area contributed by atoms with Crippen molar-refractivity contribution >= 4 is 28.5 Å². The monoisotopic (exact) mass is 481 g/mol. The number of carbonyl (C=O) groups excluding carboxylic acids is 1. The van der Waals surface area contributed by atoms with Gasteiger partial charge in [-0.15, -0.1) is 0 Å². The molecular weight excluding hydrogens is 459 g/mol. The molecule has 0 saturated heterocycles. The van der Waals surface area contributed by atoms with Crippen molar-refractivity contribution in [3.63, 3.8) is 0 Å². The van der Waals surface area contributed by atoms with Crippen LogP contribution in [0.1, 0.15) is 35.3 Å². The highest BCUT2D eigenvalue weighted by Crippen LogP contribution is 2.50. The molecule has 0 radical (unpaired) electrons. The van der Waals surface area contributed by atoms with Crippen LogP contribution in [0.3, 0.4) is 0 Å². The quantitative estimate of drug-likeness (QED) is 0.649. The summed E-state index contributed by atoms with van der Waals surface area (Å²) in [7, 11) is 1.66. The van der Waals surface area contributed by atoms with Crippen molar-refractivity contribution in [1.29, 1.82) is 0 Å². The number of nitrogens with zero attached hydrogens (tertiary/aromatic N) is 3. The number of nitrogens with one attached hydrogen (secondary N) is 1. The summed E-state index contributed by atoms with van der Waals surface area (Å²) >= 11 is 1.44. The highest BCUT2D eigenvalue weighted by molar-refractivity contribution is 8.13. The Bertz CT molecular complexity index is 1060. The summed E-state index contributed by atoms with van der Waals surface area (Å²) in [5.74, 6) is -0.780. The number of ether oxygens (including phenoxy) is 2. The molecule has 3 atom stereocenters. The number of aromatic nitrogens is 2. The van der Waals surface area contributed by atoms with Crippen LogP contribution in [-0.4, -0.2) is 46.6 Å². The van der Waals surface area contributed by atoms with E-state index in [1.54, 1.807) is 13.2 Å². The third-order valence-electron chi connectivity index (χ3n) is 5.91. The Morgan fingerprint density at radius 2 is 2.15 bits per heavy atom. The van der Waals surface area contributed by atoms with E-state index in [1.165, 1.54) is 23.9 Å². The van der Waals surface area contributed by atoms with Crippen molar-refractivity contribution in [2.45, 2.75) is 37.5 Å². The van der Waals surface area contributed by atoms with E-state index in [4.69, 9.17) is 15.5 Å². The summed E-state index contributed by atoms with van der Waals surface area (Å²) in [5, 5.41) is 3.04. The van der Waals surface area contributed by atoms with Crippen molar-refractivity contribution in [2.75, 3.05) is 18.2 Å². The lowest BCUT2D eigenvalue weighted by Gasteiger charge is -2.46. The fourth-order valence-electron chi connectivity index (χ4n) is 4.33. The molecule has 3 N–H and O–H groups in total. The molecule has 2 heterocycles. The van der Waals surface area contributed by atoms with Crippen LogP contribution in [0.5, 0.6) is 5.88 Å². The lowest BCUT2D eigenvalue weighted by Crippen LogP contribution is -2.46. The zero-order valence-electron chi connectivity index (χ0n) is 17.6. The van der Waals surface area contributed by atoms with Gasteiger partial charge < -0.3 is 20.5 Å². The number of thioether (sulfide) groups is 1. The molecule has 0 spiro atoms. The number of benzene rings is 1. The first-order chi connectivity index (χ1) is 15.8. The number of amidine groups is 1. The Morgan fingerprint density at radius 1 is 1.33 bits per heavy atom. The first-order valence-corrected chi connectivity index (χ1v) is 11.2. The highest BCUT2D eigenvalue weighted by Gasteiger charge is 2.48.